The third-order valence-corrected chi connectivity index (χ3v) is 4.30. The Morgan fingerprint density at radius 1 is 0.643 bits per heavy atom. The summed E-state index contributed by atoms with van der Waals surface area (Å²) in [6, 6.07) is 16.3. The monoisotopic (exact) mass is 372 g/mol. The normalized spacial score (nSPS) is 10.5. The Balaban J connectivity index is 2.91. The number of halogens is 3. The minimum absolute atomic E-state index is 0.0227. The van der Waals surface area contributed by atoms with Gasteiger partial charge in [0.2, 0.25) is 0 Å². The smallest absolute Gasteiger partial charge is 0.192 e. The molecule has 0 aliphatic carbocycles. The highest BCUT2D eigenvalue weighted by Gasteiger charge is 2.30. The van der Waals surface area contributed by atoms with Gasteiger partial charge in [-0.05, 0) is 33.7 Å². The van der Waals surface area contributed by atoms with Crippen LogP contribution in [0.2, 0.25) is 0 Å². The average molecular weight is 372 g/mol. The van der Waals surface area contributed by atoms with E-state index in [0.717, 1.165) is 12.1 Å². The summed E-state index contributed by atoms with van der Waals surface area (Å²) in [7, 11) is 0. The SMILES string of the molecule is N#CC(C#N)=c1c(=C(C#N)C#N)c2cc(C(F)(F)F)ccc2c2ccccc12. The largest absolute Gasteiger partial charge is 0.416 e. The Labute approximate surface area is 156 Å². The fourth-order valence-electron chi connectivity index (χ4n) is 3.16. The molecule has 0 aliphatic rings. The van der Waals surface area contributed by atoms with Gasteiger partial charge >= 0.3 is 6.18 Å². The fraction of sp³-hybridized carbons (Fsp3) is 0.0476. The van der Waals surface area contributed by atoms with Crippen LogP contribution >= 0.6 is 0 Å². The Morgan fingerprint density at radius 2 is 1.11 bits per heavy atom. The number of benzene rings is 3. The summed E-state index contributed by atoms with van der Waals surface area (Å²) in [6.45, 7) is 0. The standard InChI is InChI=1S/C21H7F3N4/c22-21(23,24)14-5-6-16-15-3-1-2-4-17(15)19(12(8-25)9-26)20(18(16)7-14)13(10-27)11-28/h1-7H. The average Bonchev–Trinajstić information content (AvgIpc) is 2.70. The van der Waals surface area contributed by atoms with Crippen molar-refractivity contribution in [2.45, 2.75) is 6.18 Å². The van der Waals surface area contributed by atoms with E-state index < -0.39 is 22.9 Å². The molecule has 0 aromatic heterocycles. The molecule has 3 aromatic rings. The van der Waals surface area contributed by atoms with Crippen LogP contribution in [0.3, 0.4) is 0 Å². The van der Waals surface area contributed by atoms with Gasteiger partial charge in [-0.25, -0.2) is 0 Å². The van der Waals surface area contributed by atoms with Gasteiger partial charge in [0.05, 0.1) is 5.56 Å². The van der Waals surface area contributed by atoms with Gasteiger partial charge in [0.15, 0.2) is 0 Å². The van der Waals surface area contributed by atoms with Gasteiger partial charge in [0.25, 0.3) is 0 Å². The number of rotatable bonds is 0. The van der Waals surface area contributed by atoms with E-state index in [4.69, 9.17) is 0 Å². The Bertz CT molecular complexity index is 1400. The van der Waals surface area contributed by atoms with E-state index in [1.54, 1.807) is 48.5 Å². The second kappa shape index (κ2) is 6.76. The molecule has 0 saturated heterocycles. The van der Waals surface area contributed by atoms with E-state index in [9.17, 15) is 34.2 Å². The number of fused-ring (bicyclic) bond motifs is 3. The van der Waals surface area contributed by atoms with Crippen LogP contribution < -0.4 is 10.4 Å². The predicted octanol–water partition coefficient (Wildman–Crippen LogP) is 3.41. The number of hydrogen-bond acceptors (Lipinski definition) is 4. The molecular weight excluding hydrogens is 365 g/mol. The summed E-state index contributed by atoms with van der Waals surface area (Å²) in [4.78, 5) is 0. The lowest BCUT2D eigenvalue weighted by atomic mass is 9.92. The zero-order valence-corrected chi connectivity index (χ0v) is 14.0. The molecule has 0 N–H and O–H groups in total. The summed E-state index contributed by atoms with van der Waals surface area (Å²) >= 11 is 0. The van der Waals surface area contributed by atoms with Crippen molar-refractivity contribution < 1.29 is 13.2 Å². The molecule has 0 bridgehead atoms. The van der Waals surface area contributed by atoms with Gasteiger partial charge in [0.1, 0.15) is 35.4 Å². The minimum Gasteiger partial charge on any atom is -0.192 e. The maximum atomic E-state index is 13.3. The maximum absolute atomic E-state index is 13.3. The molecule has 3 aromatic carbocycles. The first-order chi connectivity index (χ1) is 13.4. The quantitative estimate of drug-likeness (QED) is 0.565. The molecule has 3 rings (SSSR count). The maximum Gasteiger partial charge on any atom is 0.416 e. The predicted molar refractivity (Wildman–Crippen MR) is 95.0 cm³/mol. The van der Waals surface area contributed by atoms with Crippen molar-refractivity contribution in [3.63, 3.8) is 0 Å². The van der Waals surface area contributed by atoms with E-state index in [1.807, 2.05) is 0 Å². The van der Waals surface area contributed by atoms with Crippen molar-refractivity contribution in [1.82, 2.24) is 0 Å². The van der Waals surface area contributed by atoms with Gasteiger partial charge in [-0.1, -0.05) is 30.3 Å². The number of nitrogens with zero attached hydrogens (tertiary/aromatic N) is 4. The molecule has 0 heterocycles. The van der Waals surface area contributed by atoms with Gasteiger partial charge in [-0.15, -0.1) is 0 Å². The second-order valence-electron chi connectivity index (χ2n) is 5.75. The van der Waals surface area contributed by atoms with Crippen molar-refractivity contribution >= 4 is 32.7 Å². The van der Waals surface area contributed by atoms with Gasteiger partial charge in [-0.2, -0.15) is 34.2 Å². The van der Waals surface area contributed by atoms with E-state index in [2.05, 4.69) is 0 Å². The molecule has 0 aliphatic heterocycles. The highest BCUT2D eigenvalue weighted by Crippen LogP contribution is 2.32. The second-order valence-corrected chi connectivity index (χ2v) is 5.75. The highest BCUT2D eigenvalue weighted by molar-refractivity contribution is 6.10. The Morgan fingerprint density at radius 3 is 1.61 bits per heavy atom. The van der Waals surface area contributed by atoms with Gasteiger partial charge in [0, 0.05) is 10.4 Å². The van der Waals surface area contributed by atoms with Crippen molar-refractivity contribution in [3.8, 4) is 24.3 Å². The van der Waals surface area contributed by atoms with Crippen LogP contribution in [0.4, 0.5) is 13.2 Å². The van der Waals surface area contributed by atoms with Gasteiger partial charge in [-0.3, -0.25) is 0 Å². The zero-order valence-electron chi connectivity index (χ0n) is 14.0. The van der Waals surface area contributed by atoms with Crippen LogP contribution in [0.15, 0.2) is 42.5 Å². The lowest BCUT2D eigenvalue weighted by molar-refractivity contribution is -0.137. The third-order valence-electron chi connectivity index (χ3n) is 4.30. The topological polar surface area (TPSA) is 95.2 Å². The van der Waals surface area contributed by atoms with Crippen LogP contribution in [0.1, 0.15) is 5.56 Å². The van der Waals surface area contributed by atoms with Crippen LogP contribution in [0.5, 0.6) is 0 Å². The Kier molecular flexibility index (Phi) is 4.46. The highest BCUT2D eigenvalue weighted by atomic mass is 19.4. The third kappa shape index (κ3) is 2.78. The van der Waals surface area contributed by atoms with E-state index in [-0.39, 0.29) is 15.8 Å². The summed E-state index contributed by atoms with van der Waals surface area (Å²) in [5, 5.41) is 38.6. The Hall–Kier alpha value is -4.33. The molecule has 0 spiro atoms. The molecule has 0 fully saturated rings. The number of alkyl halides is 3. The summed E-state index contributed by atoms with van der Waals surface area (Å²) in [5.74, 6) is 0. The fourth-order valence-corrected chi connectivity index (χ4v) is 3.16. The van der Waals surface area contributed by atoms with E-state index in [1.165, 1.54) is 6.07 Å². The van der Waals surface area contributed by atoms with Crippen LogP contribution in [-0.2, 0) is 6.18 Å². The van der Waals surface area contributed by atoms with Crippen LogP contribution in [0.25, 0.3) is 32.7 Å². The first kappa shape index (κ1) is 18.5. The summed E-state index contributed by atoms with van der Waals surface area (Å²) < 4.78 is 39.8. The van der Waals surface area contributed by atoms with Crippen molar-refractivity contribution in [3.05, 3.63) is 58.5 Å². The molecule has 132 valence electrons. The van der Waals surface area contributed by atoms with Crippen molar-refractivity contribution in [2.24, 2.45) is 0 Å². The zero-order chi connectivity index (χ0) is 20.5. The molecular formula is C21H7F3N4. The van der Waals surface area contributed by atoms with E-state index in [0.29, 0.717) is 16.2 Å². The first-order valence-electron chi connectivity index (χ1n) is 7.78. The van der Waals surface area contributed by atoms with Crippen LogP contribution in [0, 0.1) is 45.3 Å². The summed E-state index contributed by atoms with van der Waals surface area (Å²) in [6.07, 6.45) is -4.65. The lowest BCUT2D eigenvalue weighted by Gasteiger charge is -2.11. The lowest BCUT2D eigenvalue weighted by Crippen LogP contribution is -2.31. The molecule has 0 radical (unpaired) electrons. The molecule has 7 heteroatoms. The molecule has 28 heavy (non-hydrogen) atoms. The minimum atomic E-state index is -4.65. The summed E-state index contributed by atoms with van der Waals surface area (Å²) in [5.41, 5.74) is -1.84. The molecule has 0 amide bonds. The van der Waals surface area contributed by atoms with Crippen molar-refractivity contribution in [1.29, 1.82) is 21.0 Å². The molecule has 4 nitrogen and oxygen atoms in total. The molecule has 0 unspecified atom stereocenters. The molecule has 0 atom stereocenters. The van der Waals surface area contributed by atoms with Crippen molar-refractivity contribution in [2.75, 3.05) is 0 Å². The van der Waals surface area contributed by atoms with Gasteiger partial charge < -0.3 is 0 Å². The number of nitriles is 4. The van der Waals surface area contributed by atoms with Crippen LogP contribution in [-0.4, -0.2) is 0 Å². The first-order valence-corrected chi connectivity index (χ1v) is 7.78. The number of hydrogen-bond donors (Lipinski definition) is 0. The molecule has 0 saturated carbocycles. The van der Waals surface area contributed by atoms with E-state index >= 15 is 0 Å².